The van der Waals surface area contributed by atoms with Crippen molar-refractivity contribution in [3.63, 3.8) is 0 Å². The third-order valence-corrected chi connectivity index (χ3v) is 12.6. The molecule has 0 bridgehead atoms. The van der Waals surface area contributed by atoms with Crippen LogP contribution in [0.5, 0.6) is 0 Å². The fraction of sp³-hybridized carbons (Fsp3) is 0.455. The van der Waals surface area contributed by atoms with Crippen molar-refractivity contribution < 1.29 is 69.6 Å². The molecule has 4 atom stereocenters. The molecule has 0 heterocycles. The van der Waals surface area contributed by atoms with Gasteiger partial charge in [0, 0.05) is 49.2 Å². The van der Waals surface area contributed by atoms with Gasteiger partial charge in [-0.15, -0.1) is 0 Å². The molecule has 6 amide bonds. The molecule has 0 radical (unpaired) electrons. The van der Waals surface area contributed by atoms with E-state index in [1.807, 2.05) is 0 Å². The lowest BCUT2D eigenvalue weighted by Gasteiger charge is -2.24. The number of hydrogen-bond donors (Lipinski definition) is 12. The van der Waals surface area contributed by atoms with E-state index in [2.05, 4.69) is 117 Å². The van der Waals surface area contributed by atoms with Gasteiger partial charge in [-0.25, -0.2) is 0 Å². The standard InChI is InChI=1S/C33H40Br6N6O14/c1-44(6-14(52)10-48)32(58)20-22(34)18(30(56)40-4-12(50)8-46)24(36)28(26(20)38)42-16(54)3-17(55)43-29-25(37)19(31(57)41-5-13(51)9-47)23(35)21(27(29)39)33(59)45(2)7-15(53)11-49/h12-15,46-53H,3-11H2,1-2H3,(H,40,56)(H,41,57)(H,42,54)(H,43,55). The number of aliphatic hydroxyl groups is 8. The number of carbonyl (C=O) groups excluding carboxylic acids is 6. The predicted octanol–water partition coefficient (Wildman–Crippen LogP) is 0.245. The molecule has 20 nitrogen and oxygen atoms in total. The minimum absolute atomic E-state index is 0.105. The monoisotopic (exact) mass is 1220 g/mol. The fourth-order valence-electron chi connectivity index (χ4n) is 4.86. The van der Waals surface area contributed by atoms with Gasteiger partial charge in [0.15, 0.2) is 0 Å². The lowest BCUT2D eigenvalue weighted by molar-refractivity contribution is -0.123. The van der Waals surface area contributed by atoms with Crippen molar-refractivity contribution in [3.8, 4) is 0 Å². The lowest BCUT2D eigenvalue weighted by Crippen LogP contribution is -2.37. The Morgan fingerprint density at radius 3 is 1.07 bits per heavy atom. The number of likely N-dealkylation sites (N-methyl/N-ethyl adjacent to an activating group) is 2. The summed E-state index contributed by atoms with van der Waals surface area (Å²) < 4.78 is -0.673. The first-order chi connectivity index (χ1) is 27.6. The largest absolute Gasteiger partial charge is 0.394 e. The van der Waals surface area contributed by atoms with Gasteiger partial charge >= 0.3 is 0 Å². The van der Waals surface area contributed by atoms with Crippen molar-refractivity contribution in [1.29, 1.82) is 0 Å². The Hall–Kier alpha value is -2.18. The van der Waals surface area contributed by atoms with Crippen LogP contribution in [0.25, 0.3) is 0 Å². The van der Waals surface area contributed by atoms with Crippen LogP contribution in [0.4, 0.5) is 11.4 Å². The van der Waals surface area contributed by atoms with Gasteiger partial charge in [0.25, 0.3) is 23.6 Å². The maximum atomic E-state index is 13.7. The normalized spacial score (nSPS) is 13.2. The number of amides is 6. The summed E-state index contributed by atoms with van der Waals surface area (Å²) in [7, 11) is 2.59. The van der Waals surface area contributed by atoms with Gasteiger partial charge in [-0.05, 0) is 95.6 Å². The highest BCUT2D eigenvalue weighted by molar-refractivity contribution is 9.12. The zero-order valence-electron chi connectivity index (χ0n) is 30.9. The Morgan fingerprint density at radius 2 is 0.780 bits per heavy atom. The van der Waals surface area contributed by atoms with Crippen LogP contribution >= 0.6 is 95.6 Å². The smallest absolute Gasteiger partial charge is 0.256 e. The van der Waals surface area contributed by atoms with E-state index < -0.39 is 106 Å². The number of anilines is 2. The molecule has 26 heteroatoms. The molecule has 0 fully saturated rings. The second-order valence-electron chi connectivity index (χ2n) is 12.5. The first kappa shape index (κ1) is 53.0. The average molecular weight is 1220 g/mol. The van der Waals surface area contributed by atoms with E-state index in [0.29, 0.717) is 0 Å². The summed E-state index contributed by atoms with van der Waals surface area (Å²) in [6.07, 6.45) is -6.32. The van der Waals surface area contributed by atoms with Gasteiger partial charge in [0.05, 0.1) is 102 Å². The van der Waals surface area contributed by atoms with Crippen LogP contribution in [-0.4, -0.2) is 177 Å². The van der Waals surface area contributed by atoms with Gasteiger partial charge in [0.2, 0.25) is 11.8 Å². The number of nitrogens with one attached hydrogen (secondary N) is 4. The van der Waals surface area contributed by atoms with E-state index in [-0.39, 0.29) is 73.6 Å². The molecule has 0 aliphatic rings. The summed E-state index contributed by atoms with van der Waals surface area (Å²) >= 11 is 19.6. The molecule has 0 aliphatic heterocycles. The summed E-state index contributed by atoms with van der Waals surface area (Å²) in [5.41, 5.74) is -1.49. The molecule has 12 N–H and O–H groups in total. The topological polar surface area (TPSA) is 319 Å². The van der Waals surface area contributed by atoms with Crippen molar-refractivity contribution in [1.82, 2.24) is 20.4 Å². The van der Waals surface area contributed by atoms with Crippen LogP contribution in [0.15, 0.2) is 26.8 Å². The lowest BCUT2D eigenvalue weighted by atomic mass is 10.1. The SMILES string of the molecule is CN(CC(O)CO)C(=O)c1c(Br)c(NC(=O)CC(=O)Nc2c(Br)c(C(=O)NCC(O)CO)c(Br)c(C(=O)N(C)CC(O)CO)c2Br)c(Br)c(C(=O)NCC(O)CO)c1Br. The highest BCUT2D eigenvalue weighted by atomic mass is 79.9. The predicted molar refractivity (Wildman–Crippen MR) is 232 cm³/mol. The second kappa shape index (κ2) is 24.5. The zero-order valence-corrected chi connectivity index (χ0v) is 40.4. The number of carbonyl (C=O) groups is 6. The van der Waals surface area contributed by atoms with Gasteiger partial charge in [-0.2, -0.15) is 0 Å². The molecule has 0 aliphatic carbocycles. The van der Waals surface area contributed by atoms with Crippen molar-refractivity contribution in [2.75, 3.05) is 77.3 Å². The Balaban J connectivity index is 2.65. The molecule has 4 unspecified atom stereocenters. The van der Waals surface area contributed by atoms with E-state index in [0.717, 1.165) is 9.80 Å². The van der Waals surface area contributed by atoms with Crippen molar-refractivity contribution in [3.05, 3.63) is 49.1 Å². The molecule has 2 aromatic carbocycles. The van der Waals surface area contributed by atoms with Gasteiger partial charge < -0.3 is 71.9 Å². The minimum atomic E-state index is -1.35. The first-order valence-corrected chi connectivity index (χ1v) is 21.6. The zero-order chi connectivity index (χ0) is 45.0. The fourth-order valence-corrected chi connectivity index (χ4v) is 10.6. The number of benzene rings is 2. The van der Waals surface area contributed by atoms with Crippen LogP contribution in [0.3, 0.4) is 0 Å². The Bertz CT molecular complexity index is 1790. The first-order valence-electron chi connectivity index (χ1n) is 16.8. The van der Waals surface area contributed by atoms with Crippen molar-refractivity contribution in [2.24, 2.45) is 0 Å². The molecule has 0 aromatic heterocycles. The number of nitrogens with zero attached hydrogens (tertiary/aromatic N) is 2. The molecular weight excluding hydrogens is 1180 g/mol. The number of halogens is 6. The summed E-state index contributed by atoms with van der Waals surface area (Å²) in [4.78, 5) is 83.2. The maximum absolute atomic E-state index is 13.7. The van der Waals surface area contributed by atoms with E-state index in [1.54, 1.807) is 0 Å². The van der Waals surface area contributed by atoms with Crippen molar-refractivity contribution in [2.45, 2.75) is 30.8 Å². The highest BCUT2D eigenvalue weighted by Crippen LogP contribution is 2.44. The quantitative estimate of drug-likeness (QED) is 0.0792. The van der Waals surface area contributed by atoms with Gasteiger partial charge in [0.1, 0.15) is 6.42 Å². The summed E-state index contributed by atoms with van der Waals surface area (Å²) in [5.74, 6) is -5.43. The molecular formula is C33H40Br6N6O14. The Labute approximate surface area is 386 Å². The van der Waals surface area contributed by atoms with Crippen LogP contribution in [-0.2, 0) is 9.59 Å². The van der Waals surface area contributed by atoms with E-state index in [4.69, 9.17) is 0 Å². The summed E-state index contributed by atoms with van der Waals surface area (Å²) in [5, 5.41) is 86.2. The number of hydrogen-bond acceptors (Lipinski definition) is 14. The molecule has 59 heavy (non-hydrogen) atoms. The molecule has 0 spiro atoms. The number of rotatable bonds is 20. The molecule has 2 aromatic rings. The third-order valence-electron chi connectivity index (χ3n) is 7.87. The van der Waals surface area contributed by atoms with Crippen LogP contribution in [0.1, 0.15) is 47.9 Å². The molecule has 0 saturated carbocycles. The van der Waals surface area contributed by atoms with Gasteiger partial charge in [-0.1, -0.05) is 0 Å². The summed E-state index contributed by atoms with van der Waals surface area (Å²) in [6.45, 7) is -4.25. The second-order valence-corrected chi connectivity index (χ2v) is 17.3. The van der Waals surface area contributed by atoms with E-state index >= 15 is 0 Å². The summed E-state index contributed by atoms with van der Waals surface area (Å²) in [6, 6.07) is 0. The van der Waals surface area contributed by atoms with Crippen LogP contribution < -0.4 is 21.3 Å². The average Bonchev–Trinajstić information content (AvgIpc) is 3.18. The number of aliphatic hydroxyl groups excluding tert-OH is 8. The van der Waals surface area contributed by atoms with Crippen LogP contribution in [0.2, 0.25) is 0 Å². The maximum Gasteiger partial charge on any atom is 0.256 e. The Morgan fingerprint density at radius 1 is 0.492 bits per heavy atom. The van der Waals surface area contributed by atoms with Crippen molar-refractivity contribution >= 4 is 142 Å². The molecule has 328 valence electrons. The highest BCUT2D eigenvalue weighted by Gasteiger charge is 2.33. The van der Waals surface area contributed by atoms with E-state index in [1.165, 1.54) is 14.1 Å². The molecule has 2 rings (SSSR count). The molecule has 0 saturated heterocycles. The third kappa shape index (κ3) is 13.9. The van der Waals surface area contributed by atoms with E-state index in [9.17, 15) is 69.6 Å². The van der Waals surface area contributed by atoms with Gasteiger partial charge in [-0.3, -0.25) is 28.8 Å². The minimum Gasteiger partial charge on any atom is -0.394 e. The van der Waals surface area contributed by atoms with Crippen LogP contribution in [0, 0.1) is 0 Å². The Kier molecular flexibility index (Phi) is 22.0.